The minimum atomic E-state index is -0.283. The lowest BCUT2D eigenvalue weighted by molar-refractivity contribution is 0.864. The maximum atomic E-state index is 13.3. The maximum Gasteiger partial charge on any atom is 0.214 e. The van der Waals surface area contributed by atoms with E-state index in [1.165, 1.54) is 0 Å². The first-order valence-corrected chi connectivity index (χ1v) is 11.3. The van der Waals surface area contributed by atoms with Crippen LogP contribution in [0.15, 0.2) is 81.3 Å². The third-order valence-corrected chi connectivity index (χ3v) is 6.52. The third kappa shape index (κ3) is 2.83. The van der Waals surface area contributed by atoms with Crippen molar-refractivity contribution in [1.82, 2.24) is 9.97 Å². The van der Waals surface area contributed by atoms with Crippen molar-refractivity contribution in [3.8, 4) is 0 Å². The Balaban J connectivity index is 1.85. The number of nitrogens with zero attached hydrogens (tertiary/aromatic N) is 3. The highest BCUT2D eigenvalue weighted by Gasteiger charge is 2.19. The summed E-state index contributed by atoms with van der Waals surface area (Å²) < 4.78 is 0. The predicted molar refractivity (Wildman–Crippen MR) is 137 cm³/mol. The summed E-state index contributed by atoms with van der Waals surface area (Å²) in [4.78, 5) is 41.1. The van der Waals surface area contributed by atoms with E-state index >= 15 is 0 Å². The molecule has 5 heteroatoms. The molecule has 0 fully saturated rings. The summed E-state index contributed by atoms with van der Waals surface area (Å²) in [7, 11) is 0. The second-order valence-electron chi connectivity index (χ2n) is 9.00. The van der Waals surface area contributed by atoms with Crippen LogP contribution in [0.25, 0.3) is 43.6 Å². The quantitative estimate of drug-likeness (QED) is 0.338. The summed E-state index contributed by atoms with van der Waals surface area (Å²) in [6.45, 7) is 6.34. The van der Waals surface area contributed by atoms with E-state index in [9.17, 15) is 9.59 Å². The van der Waals surface area contributed by atoms with Gasteiger partial charge < -0.3 is 0 Å². The Labute approximate surface area is 194 Å². The summed E-state index contributed by atoms with van der Waals surface area (Å²) >= 11 is 0. The van der Waals surface area contributed by atoms with Gasteiger partial charge in [0.05, 0.1) is 16.6 Å². The van der Waals surface area contributed by atoms with Gasteiger partial charge in [-0.1, -0.05) is 80.6 Å². The largest absolute Gasteiger partial charge is 0.287 e. The topological polar surface area (TPSA) is 72.3 Å². The van der Waals surface area contributed by atoms with Gasteiger partial charge in [0.25, 0.3) is 0 Å². The van der Waals surface area contributed by atoms with Crippen molar-refractivity contribution in [3.05, 3.63) is 104 Å². The van der Waals surface area contributed by atoms with Crippen LogP contribution in [0.5, 0.6) is 0 Å². The average molecular weight is 444 g/mol. The first-order valence-electron chi connectivity index (χ1n) is 11.3. The molecule has 1 heterocycles. The van der Waals surface area contributed by atoms with Crippen molar-refractivity contribution in [1.29, 1.82) is 0 Å². The van der Waals surface area contributed by atoms with E-state index in [2.05, 4.69) is 19.9 Å². The zero-order chi connectivity index (χ0) is 23.6. The van der Waals surface area contributed by atoms with E-state index in [1.807, 2.05) is 43.3 Å². The van der Waals surface area contributed by atoms with Crippen LogP contribution in [0.1, 0.15) is 30.9 Å². The molecule has 1 aromatic heterocycles. The molecule has 0 radical (unpaired) electrons. The van der Waals surface area contributed by atoms with Crippen molar-refractivity contribution in [3.63, 3.8) is 0 Å². The maximum absolute atomic E-state index is 13.3. The van der Waals surface area contributed by atoms with Crippen LogP contribution in [0.4, 0.5) is 5.69 Å². The number of hydrogen-bond donors (Lipinski definition) is 0. The number of aryl methyl sites for hydroxylation is 1. The highest BCUT2D eigenvalue weighted by atomic mass is 16.1. The molecule has 34 heavy (non-hydrogen) atoms. The predicted octanol–water partition coefficient (Wildman–Crippen LogP) is 5.35. The zero-order valence-corrected chi connectivity index (χ0v) is 19.1. The molecule has 0 amide bonds. The van der Waals surface area contributed by atoms with Gasteiger partial charge in [0, 0.05) is 21.5 Å². The van der Waals surface area contributed by atoms with Gasteiger partial charge in [-0.15, -0.1) is 0 Å². The van der Waals surface area contributed by atoms with Crippen LogP contribution in [-0.2, 0) is 0 Å². The van der Waals surface area contributed by atoms with Gasteiger partial charge in [-0.2, -0.15) is 0 Å². The number of benzene rings is 4. The second-order valence-corrected chi connectivity index (χ2v) is 9.00. The third-order valence-electron chi connectivity index (χ3n) is 6.52. The number of hydrogen-bond acceptors (Lipinski definition) is 5. The molecule has 6 aromatic rings. The average Bonchev–Trinajstić information content (AvgIpc) is 3.15. The molecule has 0 saturated heterocycles. The smallest absolute Gasteiger partial charge is 0.214 e. The fourth-order valence-electron chi connectivity index (χ4n) is 4.79. The van der Waals surface area contributed by atoms with Gasteiger partial charge in [-0.25, -0.2) is 15.0 Å². The van der Waals surface area contributed by atoms with Crippen molar-refractivity contribution in [2.45, 2.75) is 26.7 Å². The van der Waals surface area contributed by atoms with Gasteiger partial charge in [0.15, 0.2) is 0 Å². The first-order chi connectivity index (χ1) is 16.5. The highest BCUT2D eigenvalue weighted by Crippen LogP contribution is 2.31. The lowest BCUT2D eigenvalue weighted by atomic mass is 9.98. The summed E-state index contributed by atoms with van der Waals surface area (Å²) in [5.41, 5.74) is 3.89. The second kappa shape index (κ2) is 7.39. The number of aromatic nitrogens is 2. The lowest BCUT2D eigenvalue weighted by Gasteiger charge is -2.11. The minimum Gasteiger partial charge on any atom is -0.287 e. The molecule has 0 N–H and O–H groups in total. The number of rotatable bonds is 2. The molecule has 0 atom stereocenters. The molecule has 0 bridgehead atoms. The van der Waals surface area contributed by atoms with Crippen LogP contribution >= 0.6 is 0 Å². The van der Waals surface area contributed by atoms with Crippen LogP contribution < -0.4 is 16.2 Å². The van der Waals surface area contributed by atoms with Crippen molar-refractivity contribution >= 4 is 49.3 Å². The Morgan fingerprint density at radius 3 is 1.82 bits per heavy atom. The molecule has 0 aliphatic heterocycles. The fraction of sp³-hybridized carbons (Fsp3) is 0.138. The number of para-hydroxylation sites is 1. The summed E-state index contributed by atoms with van der Waals surface area (Å²) in [5, 5.41) is 3.18. The Bertz CT molecular complexity index is 1940. The molecule has 5 nitrogen and oxygen atoms in total. The van der Waals surface area contributed by atoms with Gasteiger partial charge in [0.2, 0.25) is 10.9 Å². The SMILES string of the molecule is Cc1cccc(C(C)C)c1/N=c1\c2ccccc2c2nc3c(=O)c4ccccc4c(=O)c3nc12. The van der Waals surface area contributed by atoms with E-state index < -0.39 is 0 Å². The van der Waals surface area contributed by atoms with E-state index in [0.29, 0.717) is 33.1 Å². The van der Waals surface area contributed by atoms with Gasteiger partial charge in [-0.3, -0.25) is 9.59 Å². The van der Waals surface area contributed by atoms with Crippen molar-refractivity contribution < 1.29 is 0 Å². The Morgan fingerprint density at radius 1 is 0.647 bits per heavy atom. The van der Waals surface area contributed by atoms with Crippen LogP contribution in [-0.4, -0.2) is 9.97 Å². The molecule has 164 valence electrons. The Kier molecular flexibility index (Phi) is 4.42. The molecule has 0 spiro atoms. The van der Waals surface area contributed by atoms with Crippen LogP contribution in [0, 0.1) is 6.92 Å². The molecular formula is C29H21N3O2. The molecule has 0 aliphatic carbocycles. The molecule has 0 aliphatic rings. The van der Waals surface area contributed by atoms with Crippen LogP contribution in [0.2, 0.25) is 0 Å². The summed E-state index contributed by atoms with van der Waals surface area (Å²) in [6.07, 6.45) is 0. The van der Waals surface area contributed by atoms with E-state index in [0.717, 1.165) is 27.6 Å². The van der Waals surface area contributed by atoms with Gasteiger partial charge in [-0.05, 0) is 24.0 Å². The summed E-state index contributed by atoms with van der Waals surface area (Å²) in [5.74, 6) is 0.292. The lowest BCUT2D eigenvalue weighted by Crippen LogP contribution is -2.16. The standard InChI is InChI=1S/C29H21N3O2/c1-15(2)17-14-8-9-16(3)22(17)30-23-18-10-4-5-11-19(18)24-25(23)32-27-26(31-24)28(33)20-12-6-7-13-21(20)29(27)34/h4-15H,1-3H3/b30-23+. The normalized spacial score (nSPS) is 12.6. The van der Waals surface area contributed by atoms with E-state index in [4.69, 9.17) is 15.0 Å². The molecule has 6 rings (SSSR count). The molecule has 0 unspecified atom stereocenters. The molecule has 0 saturated carbocycles. The summed E-state index contributed by atoms with van der Waals surface area (Å²) in [6, 6.07) is 20.9. The zero-order valence-electron chi connectivity index (χ0n) is 19.1. The number of fused-ring (bicyclic) bond motifs is 5. The van der Waals surface area contributed by atoms with Crippen LogP contribution in [0.3, 0.4) is 0 Å². The van der Waals surface area contributed by atoms with Crippen molar-refractivity contribution in [2.24, 2.45) is 4.99 Å². The highest BCUT2D eigenvalue weighted by molar-refractivity contribution is 6.10. The van der Waals surface area contributed by atoms with Crippen molar-refractivity contribution in [2.75, 3.05) is 0 Å². The molecular weight excluding hydrogens is 422 g/mol. The Morgan fingerprint density at radius 2 is 1.21 bits per heavy atom. The van der Waals surface area contributed by atoms with Gasteiger partial charge in [0.1, 0.15) is 16.6 Å². The first kappa shape index (κ1) is 20.4. The van der Waals surface area contributed by atoms with E-state index in [-0.39, 0.29) is 21.9 Å². The van der Waals surface area contributed by atoms with E-state index in [1.54, 1.807) is 24.3 Å². The van der Waals surface area contributed by atoms with Gasteiger partial charge >= 0.3 is 0 Å². The molecule has 5 aromatic carbocycles. The fourth-order valence-corrected chi connectivity index (χ4v) is 4.79. The Hall–Kier alpha value is -4.25. The monoisotopic (exact) mass is 443 g/mol. The minimum absolute atomic E-state index is 0.0943.